The first-order valence-electron chi connectivity index (χ1n) is 9.57. The highest BCUT2D eigenvalue weighted by atomic mass is 16.2. The van der Waals surface area contributed by atoms with Gasteiger partial charge in [0, 0.05) is 11.9 Å². The third-order valence-corrected chi connectivity index (χ3v) is 5.13. The van der Waals surface area contributed by atoms with E-state index in [1.807, 2.05) is 62.4 Å². The molecule has 1 heterocycles. The fourth-order valence-electron chi connectivity index (χ4n) is 3.51. The zero-order valence-electron chi connectivity index (χ0n) is 16.5. The minimum absolute atomic E-state index is 0.133. The van der Waals surface area contributed by atoms with E-state index in [-0.39, 0.29) is 11.1 Å². The molecule has 0 bridgehead atoms. The zero-order valence-corrected chi connectivity index (χ0v) is 16.5. The van der Waals surface area contributed by atoms with Crippen LogP contribution in [0, 0.1) is 13.8 Å². The van der Waals surface area contributed by atoms with Crippen molar-refractivity contribution in [1.82, 2.24) is 4.57 Å². The van der Waals surface area contributed by atoms with Gasteiger partial charge in [-0.15, -0.1) is 0 Å². The smallest absolute Gasteiger partial charge is 0.263 e. The van der Waals surface area contributed by atoms with E-state index in [9.17, 15) is 9.59 Å². The van der Waals surface area contributed by atoms with Crippen molar-refractivity contribution in [2.45, 2.75) is 20.4 Å². The number of aromatic nitrogens is 1. The summed E-state index contributed by atoms with van der Waals surface area (Å²) in [7, 11) is 0. The van der Waals surface area contributed by atoms with Crippen molar-refractivity contribution in [1.29, 1.82) is 0 Å². The van der Waals surface area contributed by atoms with Crippen LogP contribution < -0.4 is 10.9 Å². The number of benzene rings is 3. The van der Waals surface area contributed by atoms with Gasteiger partial charge in [0.2, 0.25) is 0 Å². The molecule has 0 spiro atoms. The van der Waals surface area contributed by atoms with Crippen LogP contribution >= 0.6 is 0 Å². The standard InChI is InChI=1S/C25H22N2O2/c1-17-12-13-18(2)23(15-17)26-24(28)22-11-6-14-27(25(22)29)16-20-9-5-8-19-7-3-4-10-21(19)20/h3-15H,16H2,1-2H3,(H,26,28). The summed E-state index contributed by atoms with van der Waals surface area (Å²) in [4.78, 5) is 25.8. The zero-order chi connectivity index (χ0) is 20.4. The summed E-state index contributed by atoms with van der Waals surface area (Å²) >= 11 is 0. The Labute approximate surface area is 169 Å². The quantitative estimate of drug-likeness (QED) is 0.545. The number of aryl methyl sites for hydroxylation is 2. The van der Waals surface area contributed by atoms with Crippen molar-refractivity contribution >= 4 is 22.4 Å². The normalized spacial score (nSPS) is 10.8. The molecule has 0 saturated carbocycles. The van der Waals surface area contributed by atoms with Crippen molar-refractivity contribution in [3.05, 3.63) is 112 Å². The van der Waals surface area contributed by atoms with Crippen LogP contribution in [0.15, 0.2) is 83.8 Å². The lowest BCUT2D eigenvalue weighted by Gasteiger charge is -2.12. The molecule has 0 unspecified atom stereocenters. The summed E-state index contributed by atoms with van der Waals surface area (Å²) in [6.07, 6.45) is 1.72. The van der Waals surface area contributed by atoms with Crippen LogP contribution in [0.3, 0.4) is 0 Å². The number of fused-ring (bicyclic) bond motifs is 1. The maximum atomic E-state index is 13.0. The third kappa shape index (κ3) is 3.83. The summed E-state index contributed by atoms with van der Waals surface area (Å²) in [5, 5.41) is 5.11. The van der Waals surface area contributed by atoms with E-state index < -0.39 is 5.91 Å². The second kappa shape index (κ2) is 7.76. The van der Waals surface area contributed by atoms with E-state index in [2.05, 4.69) is 17.4 Å². The van der Waals surface area contributed by atoms with Crippen LogP contribution in [0.2, 0.25) is 0 Å². The first-order chi connectivity index (χ1) is 14.0. The average molecular weight is 382 g/mol. The van der Waals surface area contributed by atoms with Crippen LogP contribution in [0.4, 0.5) is 5.69 Å². The highest BCUT2D eigenvalue weighted by Crippen LogP contribution is 2.19. The molecule has 4 aromatic rings. The van der Waals surface area contributed by atoms with Gasteiger partial charge in [0.15, 0.2) is 0 Å². The maximum Gasteiger partial charge on any atom is 0.263 e. The molecule has 0 saturated heterocycles. The molecular weight excluding hydrogens is 360 g/mol. The van der Waals surface area contributed by atoms with Gasteiger partial charge in [-0.3, -0.25) is 9.59 Å². The van der Waals surface area contributed by atoms with Crippen LogP contribution in [-0.4, -0.2) is 10.5 Å². The first-order valence-corrected chi connectivity index (χ1v) is 9.57. The Hall–Kier alpha value is -3.66. The Kier molecular flexibility index (Phi) is 5.00. The van der Waals surface area contributed by atoms with E-state index in [0.29, 0.717) is 6.54 Å². The van der Waals surface area contributed by atoms with Crippen LogP contribution in [-0.2, 0) is 6.54 Å². The summed E-state index contributed by atoms with van der Waals surface area (Å²) < 4.78 is 1.58. The van der Waals surface area contributed by atoms with Gasteiger partial charge in [0.25, 0.3) is 11.5 Å². The number of carbonyl (C=O) groups excluding carboxylic acids is 1. The first kappa shape index (κ1) is 18.7. The largest absolute Gasteiger partial charge is 0.322 e. The van der Waals surface area contributed by atoms with Gasteiger partial charge >= 0.3 is 0 Å². The van der Waals surface area contributed by atoms with Gasteiger partial charge < -0.3 is 9.88 Å². The maximum absolute atomic E-state index is 13.0. The second-order valence-corrected chi connectivity index (χ2v) is 7.27. The molecule has 0 aliphatic carbocycles. The lowest BCUT2D eigenvalue weighted by molar-refractivity contribution is 0.102. The lowest BCUT2D eigenvalue weighted by Crippen LogP contribution is -2.29. The molecule has 4 heteroatoms. The number of hydrogen-bond acceptors (Lipinski definition) is 2. The second-order valence-electron chi connectivity index (χ2n) is 7.27. The van der Waals surface area contributed by atoms with E-state index in [4.69, 9.17) is 0 Å². The number of hydrogen-bond donors (Lipinski definition) is 1. The van der Waals surface area contributed by atoms with Gasteiger partial charge in [-0.05, 0) is 59.5 Å². The molecular formula is C25H22N2O2. The summed E-state index contributed by atoms with van der Waals surface area (Å²) in [6.45, 7) is 4.30. The fourth-order valence-corrected chi connectivity index (χ4v) is 3.51. The van der Waals surface area contributed by atoms with Crippen molar-refractivity contribution in [2.24, 2.45) is 0 Å². The van der Waals surface area contributed by atoms with Gasteiger partial charge in [0.05, 0.1) is 6.54 Å². The number of rotatable bonds is 4. The van der Waals surface area contributed by atoms with Crippen LogP contribution in [0.25, 0.3) is 10.8 Å². The van der Waals surface area contributed by atoms with Crippen LogP contribution in [0.1, 0.15) is 27.0 Å². The Balaban J connectivity index is 1.66. The van der Waals surface area contributed by atoms with E-state index in [1.165, 1.54) is 0 Å². The molecule has 4 rings (SSSR count). The Morgan fingerprint density at radius 3 is 2.59 bits per heavy atom. The number of nitrogens with one attached hydrogen (secondary N) is 1. The predicted octanol–water partition coefficient (Wildman–Crippen LogP) is 4.92. The van der Waals surface area contributed by atoms with Gasteiger partial charge in [-0.25, -0.2) is 0 Å². The molecule has 0 aliphatic heterocycles. The minimum atomic E-state index is -0.393. The summed E-state index contributed by atoms with van der Waals surface area (Å²) in [5.41, 5.74) is 3.59. The Morgan fingerprint density at radius 2 is 1.72 bits per heavy atom. The molecule has 29 heavy (non-hydrogen) atoms. The van der Waals surface area contributed by atoms with E-state index >= 15 is 0 Å². The number of pyridine rings is 1. The molecule has 0 aliphatic rings. The minimum Gasteiger partial charge on any atom is -0.322 e. The highest BCUT2D eigenvalue weighted by molar-refractivity contribution is 6.04. The van der Waals surface area contributed by atoms with E-state index in [1.54, 1.807) is 22.9 Å². The van der Waals surface area contributed by atoms with Crippen LogP contribution in [0.5, 0.6) is 0 Å². The van der Waals surface area contributed by atoms with E-state index in [0.717, 1.165) is 33.2 Å². The Bertz CT molecular complexity index is 1270. The number of anilines is 1. The van der Waals surface area contributed by atoms with Gasteiger partial charge in [-0.2, -0.15) is 0 Å². The molecule has 0 atom stereocenters. The molecule has 1 amide bonds. The molecule has 144 valence electrons. The lowest BCUT2D eigenvalue weighted by atomic mass is 10.0. The average Bonchev–Trinajstić information content (AvgIpc) is 2.72. The monoisotopic (exact) mass is 382 g/mol. The number of carbonyl (C=O) groups is 1. The fraction of sp³-hybridized carbons (Fsp3) is 0.120. The SMILES string of the molecule is Cc1ccc(C)c(NC(=O)c2cccn(Cc3cccc4ccccc34)c2=O)c1. The summed E-state index contributed by atoms with van der Waals surface area (Å²) in [6, 6.07) is 23.3. The molecule has 1 aromatic heterocycles. The van der Waals surface area contributed by atoms with Gasteiger partial charge in [-0.1, -0.05) is 54.6 Å². The topological polar surface area (TPSA) is 51.1 Å². The molecule has 3 aromatic carbocycles. The molecule has 0 fully saturated rings. The molecule has 4 nitrogen and oxygen atoms in total. The predicted molar refractivity (Wildman–Crippen MR) is 118 cm³/mol. The third-order valence-electron chi connectivity index (χ3n) is 5.13. The van der Waals surface area contributed by atoms with Crippen molar-refractivity contribution in [3.63, 3.8) is 0 Å². The Morgan fingerprint density at radius 1 is 0.931 bits per heavy atom. The molecule has 1 N–H and O–H groups in total. The molecule has 0 radical (unpaired) electrons. The summed E-state index contributed by atoms with van der Waals surface area (Å²) in [5.74, 6) is -0.393. The number of amides is 1. The van der Waals surface area contributed by atoms with Crippen molar-refractivity contribution in [2.75, 3.05) is 5.32 Å². The van der Waals surface area contributed by atoms with Crippen molar-refractivity contribution < 1.29 is 4.79 Å². The highest BCUT2D eigenvalue weighted by Gasteiger charge is 2.14. The van der Waals surface area contributed by atoms with Crippen molar-refractivity contribution in [3.8, 4) is 0 Å². The van der Waals surface area contributed by atoms with Gasteiger partial charge in [0.1, 0.15) is 5.56 Å². The number of nitrogens with zero attached hydrogens (tertiary/aromatic N) is 1.